The molecule has 0 bridgehead atoms. The molecule has 142 valence electrons. The first-order valence-electron chi connectivity index (χ1n) is 9.41. The van der Waals surface area contributed by atoms with Gasteiger partial charge in [-0.25, -0.2) is 4.98 Å². The van der Waals surface area contributed by atoms with E-state index in [1.165, 1.54) is 11.3 Å². The van der Waals surface area contributed by atoms with E-state index in [4.69, 9.17) is 5.73 Å². The van der Waals surface area contributed by atoms with Crippen LogP contribution in [0.1, 0.15) is 46.9 Å². The van der Waals surface area contributed by atoms with Crippen LogP contribution in [-0.4, -0.2) is 51.8 Å². The highest BCUT2D eigenvalue weighted by molar-refractivity contribution is 7.09. The van der Waals surface area contributed by atoms with E-state index in [-0.39, 0.29) is 23.9 Å². The summed E-state index contributed by atoms with van der Waals surface area (Å²) in [6, 6.07) is 9.49. The number of hydrogen-bond donors (Lipinski definition) is 1. The second kappa shape index (κ2) is 7.40. The van der Waals surface area contributed by atoms with Crippen LogP contribution >= 0.6 is 11.3 Å². The minimum absolute atomic E-state index is 0.0494. The van der Waals surface area contributed by atoms with Crippen LogP contribution in [0, 0.1) is 0 Å². The van der Waals surface area contributed by atoms with Crippen LogP contribution in [0.4, 0.5) is 0 Å². The van der Waals surface area contributed by atoms with Crippen molar-refractivity contribution < 1.29 is 9.59 Å². The Kier molecular flexibility index (Phi) is 4.97. The predicted octanol–water partition coefficient (Wildman–Crippen LogP) is 2.22. The molecule has 1 aromatic heterocycles. The van der Waals surface area contributed by atoms with Gasteiger partial charge in [-0.3, -0.25) is 9.59 Å². The molecule has 0 saturated carbocycles. The molecule has 4 rings (SSSR count). The second-order valence-corrected chi connectivity index (χ2v) is 8.22. The van der Waals surface area contributed by atoms with Gasteiger partial charge in [0.1, 0.15) is 16.7 Å². The van der Waals surface area contributed by atoms with Gasteiger partial charge in [-0.2, -0.15) is 0 Å². The normalized spacial score (nSPS) is 23.4. The van der Waals surface area contributed by atoms with E-state index in [0.29, 0.717) is 18.7 Å². The van der Waals surface area contributed by atoms with E-state index in [1.807, 2.05) is 42.2 Å². The number of carbonyl (C=O) groups is 2. The van der Waals surface area contributed by atoms with Gasteiger partial charge in [0.2, 0.25) is 5.91 Å². The van der Waals surface area contributed by atoms with Crippen molar-refractivity contribution in [3.05, 3.63) is 52.0 Å². The average Bonchev–Trinajstić information content (AvgIpc) is 3.34. The summed E-state index contributed by atoms with van der Waals surface area (Å²) in [6.07, 6.45) is 2.66. The van der Waals surface area contributed by atoms with Crippen LogP contribution in [0.3, 0.4) is 0 Å². The molecule has 2 aliphatic heterocycles. The first-order chi connectivity index (χ1) is 13.0. The number of thiazole rings is 1. The molecule has 6 nitrogen and oxygen atoms in total. The number of aromatic nitrogens is 1. The van der Waals surface area contributed by atoms with Crippen LogP contribution in [-0.2, 0) is 11.2 Å². The number of hydrogen-bond acceptors (Lipinski definition) is 5. The maximum absolute atomic E-state index is 13.0. The van der Waals surface area contributed by atoms with Gasteiger partial charge in [0.05, 0.1) is 6.04 Å². The molecular formula is C20H24N4O2S. The molecule has 2 N–H and O–H groups in total. The van der Waals surface area contributed by atoms with Crippen LogP contribution < -0.4 is 5.73 Å². The standard InChI is InChI=1S/C20H24N4O2S/c1-13-19(25)23-9-5-8-15(23)11-24(13)20(26)17-12-27-18(22-17)16(21)10-14-6-3-2-4-7-14/h2-4,6-7,12-13,15-16H,5,8-11,21H2,1H3/t13-,15+,16-/m0/s1. The van der Waals surface area contributed by atoms with E-state index in [1.54, 1.807) is 10.3 Å². The van der Waals surface area contributed by atoms with Crippen LogP contribution in [0.5, 0.6) is 0 Å². The number of carbonyl (C=O) groups excluding carboxylic acids is 2. The van der Waals surface area contributed by atoms with Gasteiger partial charge in [0.15, 0.2) is 0 Å². The largest absolute Gasteiger partial charge is 0.336 e. The van der Waals surface area contributed by atoms with Gasteiger partial charge in [-0.15, -0.1) is 11.3 Å². The molecule has 1 aromatic carbocycles. The lowest BCUT2D eigenvalue weighted by Crippen LogP contribution is -2.60. The number of piperazine rings is 1. The van der Waals surface area contributed by atoms with Gasteiger partial charge in [-0.05, 0) is 31.7 Å². The zero-order chi connectivity index (χ0) is 19.0. The van der Waals surface area contributed by atoms with Gasteiger partial charge in [0, 0.05) is 24.5 Å². The third kappa shape index (κ3) is 3.49. The number of amides is 2. The molecule has 2 aliphatic rings. The highest BCUT2D eigenvalue weighted by Crippen LogP contribution is 2.28. The van der Waals surface area contributed by atoms with Crippen molar-refractivity contribution in [1.82, 2.24) is 14.8 Å². The molecule has 2 fully saturated rings. The second-order valence-electron chi connectivity index (χ2n) is 7.33. The zero-order valence-electron chi connectivity index (χ0n) is 15.4. The Hall–Kier alpha value is -2.25. The van der Waals surface area contributed by atoms with E-state index in [0.717, 1.165) is 30.0 Å². The molecule has 0 unspecified atom stereocenters. The van der Waals surface area contributed by atoms with Gasteiger partial charge in [0.25, 0.3) is 5.91 Å². The molecular weight excluding hydrogens is 360 g/mol. The monoisotopic (exact) mass is 384 g/mol. The fraction of sp³-hybridized carbons (Fsp3) is 0.450. The summed E-state index contributed by atoms with van der Waals surface area (Å²) in [4.78, 5) is 33.7. The quantitative estimate of drug-likeness (QED) is 0.877. The lowest BCUT2D eigenvalue weighted by atomic mass is 10.1. The number of benzene rings is 1. The molecule has 3 atom stereocenters. The van der Waals surface area contributed by atoms with E-state index >= 15 is 0 Å². The Labute approximate surface area is 163 Å². The van der Waals surface area contributed by atoms with Crippen molar-refractivity contribution in [2.75, 3.05) is 13.1 Å². The topological polar surface area (TPSA) is 79.5 Å². The number of rotatable bonds is 4. The summed E-state index contributed by atoms with van der Waals surface area (Å²) in [5.74, 6) is -0.120. The van der Waals surface area contributed by atoms with Crippen LogP contribution in [0.25, 0.3) is 0 Å². The Balaban J connectivity index is 1.47. The number of fused-ring (bicyclic) bond motifs is 1. The summed E-state index contributed by atoms with van der Waals surface area (Å²) in [5.41, 5.74) is 7.84. The van der Waals surface area contributed by atoms with Crippen LogP contribution in [0.15, 0.2) is 35.7 Å². The Morgan fingerprint density at radius 2 is 2.15 bits per heavy atom. The number of nitrogens with zero attached hydrogens (tertiary/aromatic N) is 3. The molecule has 7 heteroatoms. The maximum atomic E-state index is 13.0. The molecule has 0 spiro atoms. The summed E-state index contributed by atoms with van der Waals surface area (Å²) >= 11 is 1.41. The molecule has 2 aromatic rings. The number of nitrogens with two attached hydrogens (primary N) is 1. The highest BCUT2D eigenvalue weighted by Gasteiger charge is 2.42. The Bertz CT molecular complexity index is 838. The molecule has 2 saturated heterocycles. The third-order valence-corrected chi connectivity index (χ3v) is 6.49. The van der Waals surface area contributed by atoms with E-state index in [9.17, 15) is 9.59 Å². The van der Waals surface area contributed by atoms with Gasteiger partial charge in [-0.1, -0.05) is 30.3 Å². The van der Waals surface area contributed by atoms with Gasteiger partial charge < -0.3 is 15.5 Å². The van der Waals surface area contributed by atoms with Crippen molar-refractivity contribution in [1.29, 1.82) is 0 Å². The highest BCUT2D eigenvalue weighted by atomic mass is 32.1. The SMILES string of the molecule is C[C@H]1C(=O)N2CCC[C@@H]2CN1C(=O)c1csc([C@@H](N)Cc2ccccc2)n1. The molecule has 3 heterocycles. The fourth-order valence-electron chi connectivity index (χ4n) is 3.99. The Morgan fingerprint density at radius 3 is 2.93 bits per heavy atom. The maximum Gasteiger partial charge on any atom is 0.274 e. The predicted molar refractivity (Wildman–Crippen MR) is 104 cm³/mol. The minimum Gasteiger partial charge on any atom is -0.336 e. The van der Waals surface area contributed by atoms with E-state index in [2.05, 4.69) is 4.98 Å². The first kappa shape index (κ1) is 18.1. The van der Waals surface area contributed by atoms with Crippen LogP contribution in [0.2, 0.25) is 0 Å². The zero-order valence-corrected chi connectivity index (χ0v) is 16.2. The third-order valence-electron chi connectivity index (χ3n) is 5.51. The lowest BCUT2D eigenvalue weighted by molar-refractivity contribution is -0.141. The van der Waals surface area contributed by atoms with Crippen molar-refractivity contribution in [3.63, 3.8) is 0 Å². The minimum atomic E-state index is -0.435. The molecule has 2 amide bonds. The smallest absolute Gasteiger partial charge is 0.274 e. The lowest BCUT2D eigenvalue weighted by Gasteiger charge is -2.41. The average molecular weight is 385 g/mol. The van der Waals surface area contributed by atoms with Gasteiger partial charge >= 0.3 is 0 Å². The fourth-order valence-corrected chi connectivity index (χ4v) is 4.79. The Morgan fingerprint density at radius 1 is 1.37 bits per heavy atom. The van der Waals surface area contributed by atoms with Crippen molar-refractivity contribution in [2.45, 2.75) is 44.3 Å². The summed E-state index contributed by atoms with van der Waals surface area (Å²) in [5, 5.41) is 2.52. The summed E-state index contributed by atoms with van der Waals surface area (Å²) < 4.78 is 0. The van der Waals surface area contributed by atoms with Crippen molar-refractivity contribution >= 4 is 23.2 Å². The van der Waals surface area contributed by atoms with Crippen molar-refractivity contribution in [2.24, 2.45) is 5.73 Å². The summed E-state index contributed by atoms with van der Waals surface area (Å²) in [7, 11) is 0. The molecule has 0 radical (unpaired) electrons. The first-order valence-corrected chi connectivity index (χ1v) is 10.3. The van der Waals surface area contributed by atoms with E-state index < -0.39 is 6.04 Å². The summed E-state index contributed by atoms with van der Waals surface area (Å²) in [6.45, 7) is 3.21. The van der Waals surface area contributed by atoms with Crippen molar-refractivity contribution in [3.8, 4) is 0 Å². The molecule has 0 aliphatic carbocycles. The molecule has 27 heavy (non-hydrogen) atoms.